The molecule has 35 heavy (non-hydrogen) atoms. The van der Waals surface area contributed by atoms with E-state index in [-0.39, 0.29) is 11.6 Å². The molecule has 1 aromatic heterocycles. The predicted molar refractivity (Wildman–Crippen MR) is 128 cm³/mol. The average molecular weight is 468 g/mol. The molecule has 6 rings (SSSR count). The zero-order valence-electron chi connectivity index (χ0n) is 19.2. The van der Waals surface area contributed by atoms with Crippen molar-refractivity contribution in [3.63, 3.8) is 0 Å². The quantitative estimate of drug-likeness (QED) is 0.452. The second-order valence-electron chi connectivity index (χ2n) is 8.09. The van der Waals surface area contributed by atoms with Gasteiger partial charge in [-0.1, -0.05) is 18.2 Å². The number of rotatable bonds is 4. The number of fused-ring (bicyclic) bond motifs is 8. The first-order valence-corrected chi connectivity index (χ1v) is 10.9. The molecule has 0 saturated heterocycles. The second kappa shape index (κ2) is 7.69. The van der Waals surface area contributed by atoms with Crippen molar-refractivity contribution < 1.29 is 19.0 Å². The molecule has 0 radical (unpaired) electrons. The number of aromatic nitrogens is 3. The maximum atomic E-state index is 13.8. The highest BCUT2D eigenvalue weighted by atomic mass is 16.5. The highest BCUT2D eigenvalue weighted by Gasteiger charge is 2.47. The summed E-state index contributed by atoms with van der Waals surface area (Å²) in [5, 5.41) is 4.75. The van der Waals surface area contributed by atoms with Crippen molar-refractivity contribution in [2.45, 2.75) is 6.17 Å². The minimum Gasteiger partial charge on any atom is -0.497 e. The lowest BCUT2D eigenvalue weighted by atomic mass is 10.0. The Labute approximate surface area is 200 Å². The van der Waals surface area contributed by atoms with Crippen LogP contribution >= 0.6 is 0 Å². The SMILES string of the molecule is COc1ccc(-c2nn3c(nc2=O)-c2ccccc2N2C(=O)c4c(ccc(OC)c4OC)[C@H]23)cc1. The van der Waals surface area contributed by atoms with Gasteiger partial charge in [0.05, 0.1) is 32.6 Å². The monoisotopic (exact) mass is 468 g/mol. The van der Waals surface area contributed by atoms with Crippen LogP contribution in [0.1, 0.15) is 22.1 Å². The lowest BCUT2D eigenvalue weighted by Gasteiger charge is -2.34. The molecule has 0 fully saturated rings. The van der Waals surface area contributed by atoms with Gasteiger partial charge in [-0.3, -0.25) is 14.5 Å². The van der Waals surface area contributed by atoms with Gasteiger partial charge in [-0.25, -0.2) is 4.68 Å². The molecule has 0 spiro atoms. The summed E-state index contributed by atoms with van der Waals surface area (Å²) in [7, 11) is 4.61. The van der Waals surface area contributed by atoms with Crippen LogP contribution in [0, 0.1) is 0 Å². The number of amides is 1. The van der Waals surface area contributed by atoms with Crippen molar-refractivity contribution in [1.82, 2.24) is 14.8 Å². The Morgan fingerprint density at radius 3 is 2.34 bits per heavy atom. The van der Waals surface area contributed by atoms with E-state index in [1.165, 1.54) is 14.2 Å². The van der Waals surface area contributed by atoms with E-state index in [2.05, 4.69) is 4.98 Å². The minimum absolute atomic E-state index is 0.178. The molecule has 9 heteroatoms. The van der Waals surface area contributed by atoms with Crippen molar-refractivity contribution >= 4 is 11.6 Å². The fraction of sp³-hybridized carbons (Fsp3) is 0.154. The van der Waals surface area contributed by atoms with Crippen molar-refractivity contribution in [2.24, 2.45) is 0 Å². The second-order valence-corrected chi connectivity index (χ2v) is 8.09. The van der Waals surface area contributed by atoms with E-state index < -0.39 is 11.7 Å². The largest absolute Gasteiger partial charge is 0.497 e. The number of ether oxygens (including phenoxy) is 3. The smallest absolute Gasteiger partial charge is 0.300 e. The number of carbonyl (C=O) groups is 1. The van der Waals surface area contributed by atoms with Gasteiger partial charge in [-0.05, 0) is 42.5 Å². The van der Waals surface area contributed by atoms with Crippen LogP contribution in [0.5, 0.6) is 17.2 Å². The topological polar surface area (TPSA) is 95.8 Å². The molecule has 1 amide bonds. The first-order chi connectivity index (χ1) is 17.1. The lowest BCUT2D eigenvalue weighted by Crippen LogP contribution is -2.39. The van der Waals surface area contributed by atoms with Crippen LogP contribution in [0.2, 0.25) is 0 Å². The summed E-state index contributed by atoms with van der Waals surface area (Å²) in [5.41, 5.74) is 2.68. The Bertz CT molecular complexity index is 1560. The summed E-state index contributed by atoms with van der Waals surface area (Å²) >= 11 is 0. The normalized spacial score (nSPS) is 15.1. The molecule has 0 N–H and O–H groups in total. The number of para-hydroxylation sites is 1. The number of nitrogens with zero attached hydrogens (tertiary/aromatic N) is 4. The molecule has 2 aliphatic heterocycles. The van der Waals surface area contributed by atoms with Crippen molar-refractivity contribution in [2.75, 3.05) is 26.2 Å². The van der Waals surface area contributed by atoms with Crippen LogP contribution in [0.25, 0.3) is 22.6 Å². The van der Waals surface area contributed by atoms with E-state index in [9.17, 15) is 9.59 Å². The Morgan fingerprint density at radius 1 is 0.857 bits per heavy atom. The van der Waals surface area contributed by atoms with Gasteiger partial charge < -0.3 is 14.2 Å². The maximum Gasteiger partial charge on any atom is 0.300 e. The lowest BCUT2D eigenvalue weighted by molar-refractivity contribution is 0.0983. The Kier molecular flexibility index (Phi) is 4.60. The Hall–Kier alpha value is -4.66. The van der Waals surface area contributed by atoms with Gasteiger partial charge in [0.25, 0.3) is 11.5 Å². The Morgan fingerprint density at radius 2 is 1.63 bits per heavy atom. The van der Waals surface area contributed by atoms with Crippen LogP contribution in [-0.2, 0) is 0 Å². The van der Waals surface area contributed by atoms with E-state index in [0.717, 1.165) is 0 Å². The van der Waals surface area contributed by atoms with Crippen LogP contribution in [0.3, 0.4) is 0 Å². The van der Waals surface area contributed by atoms with Crippen molar-refractivity contribution in [3.8, 4) is 39.9 Å². The molecule has 2 aliphatic rings. The van der Waals surface area contributed by atoms with E-state index in [1.54, 1.807) is 47.0 Å². The molecule has 9 nitrogen and oxygen atoms in total. The molecule has 0 aliphatic carbocycles. The highest BCUT2D eigenvalue weighted by Crippen LogP contribution is 2.50. The number of methoxy groups -OCH3 is 3. The molecular weight excluding hydrogens is 448 g/mol. The fourth-order valence-corrected chi connectivity index (χ4v) is 4.79. The number of hydrogen-bond donors (Lipinski definition) is 0. The molecule has 0 saturated carbocycles. The molecule has 174 valence electrons. The van der Waals surface area contributed by atoms with Crippen LogP contribution in [0.4, 0.5) is 5.69 Å². The third-order valence-electron chi connectivity index (χ3n) is 6.37. The number of anilines is 1. The summed E-state index contributed by atoms with van der Waals surface area (Å²) in [5.74, 6) is 1.62. The summed E-state index contributed by atoms with van der Waals surface area (Å²) in [6.07, 6.45) is -0.646. The van der Waals surface area contributed by atoms with Crippen molar-refractivity contribution in [1.29, 1.82) is 0 Å². The Balaban J connectivity index is 1.64. The summed E-state index contributed by atoms with van der Waals surface area (Å²) in [4.78, 5) is 33.0. The highest BCUT2D eigenvalue weighted by molar-refractivity contribution is 6.15. The van der Waals surface area contributed by atoms with Crippen LogP contribution in [-0.4, -0.2) is 42.0 Å². The zero-order chi connectivity index (χ0) is 24.3. The molecule has 0 unspecified atom stereocenters. The summed E-state index contributed by atoms with van der Waals surface area (Å²) in [6, 6.07) is 18.0. The van der Waals surface area contributed by atoms with Crippen molar-refractivity contribution in [3.05, 3.63) is 82.1 Å². The first-order valence-electron chi connectivity index (χ1n) is 10.9. The third kappa shape index (κ3) is 2.87. The zero-order valence-corrected chi connectivity index (χ0v) is 19.2. The number of benzene rings is 3. The van der Waals surface area contributed by atoms with E-state index >= 15 is 0 Å². The van der Waals surface area contributed by atoms with Crippen LogP contribution < -0.4 is 24.7 Å². The molecular formula is C26H20N4O5. The van der Waals surface area contributed by atoms with E-state index in [1.807, 2.05) is 30.3 Å². The third-order valence-corrected chi connectivity index (χ3v) is 6.37. The van der Waals surface area contributed by atoms with Crippen LogP contribution in [0.15, 0.2) is 65.5 Å². The molecule has 3 aromatic carbocycles. The molecule has 4 aromatic rings. The predicted octanol–water partition coefficient (Wildman–Crippen LogP) is 3.52. The van der Waals surface area contributed by atoms with E-state index in [4.69, 9.17) is 19.3 Å². The average Bonchev–Trinajstić information content (AvgIpc) is 3.20. The van der Waals surface area contributed by atoms with Gasteiger partial charge in [-0.2, -0.15) is 10.1 Å². The summed E-state index contributed by atoms with van der Waals surface area (Å²) < 4.78 is 17.9. The molecule has 1 atom stereocenters. The number of hydrogen-bond acceptors (Lipinski definition) is 7. The minimum atomic E-state index is -0.646. The van der Waals surface area contributed by atoms with Gasteiger partial charge in [0.15, 0.2) is 29.2 Å². The fourth-order valence-electron chi connectivity index (χ4n) is 4.79. The number of carbonyl (C=O) groups excluding carboxylic acids is 1. The van der Waals surface area contributed by atoms with E-state index in [0.29, 0.717) is 51.0 Å². The molecule has 3 heterocycles. The molecule has 0 bridgehead atoms. The van der Waals surface area contributed by atoms with Gasteiger partial charge in [0.1, 0.15) is 5.75 Å². The van der Waals surface area contributed by atoms with Gasteiger partial charge in [0, 0.05) is 16.7 Å². The maximum absolute atomic E-state index is 13.8. The van der Waals surface area contributed by atoms with Gasteiger partial charge in [-0.15, -0.1) is 0 Å². The standard InChI is InChI=1S/C26H20N4O5/c1-33-15-10-8-14(9-11-15)21-24(31)27-23-16-6-4-5-7-18(16)29-25(30(23)28-21)17-12-13-19(34-2)22(35-3)20(17)26(29)32/h4-13,25H,1-3H3/t25-/m1/s1. The first kappa shape index (κ1) is 20.9. The van der Waals surface area contributed by atoms with Gasteiger partial charge in [0.2, 0.25) is 0 Å². The van der Waals surface area contributed by atoms with Gasteiger partial charge >= 0.3 is 0 Å². The summed E-state index contributed by atoms with van der Waals surface area (Å²) in [6.45, 7) is 0.